The van der Waals surface area contributed by atoms with Gasteiger partial charge in [0.05, 0.1) is 5.02 Å². The molecule has 0 saturated heterocycles. The van der Waals surface area contributed by atoms with Gasteiger partial charge in [0.2, 0.25) is 0 Å². The van der Waals surface area contributed by atoms with Crippen LogP contribution >= 0.6 is 11.6 Å². The number of halogens is 1. The monoisotopic (exact) mass is 229 g/mol. The highest BCUT2D eigenvalue weighted by Crippen LogP contribution is 2.41. The number of phenolic OH excluding ortho intramolecular Hbond substituents is 2. The predicted octanol–water partition coefficient (Wildman–Crippen LogP) is 2.51. The Morgan fingerprint density at radius 2 is 2.07 bits per heavy atom. The summed E-state index contributed by atoms with van der Waals surface area (Å²) in [6, 6.07) is 1.52. The first-order valence-corrected chi connectivity index (χ1v) is 5.27. The number of hydrogen-bond acceptors (Lipinski definition) is 3. The Labute approximate surface area is 94.5 Å². The zero-order valence-electron chi connectivity index (χ0n) is 8.92. The molecular formula is C11H16ClNO2. The smallest absolute Gasteiger partial charge is 0.176 e. The second-order valence-electron chi connectivity index (χ2n) is 3.77. The Kier molecular flexibility index (Phi) is 3.83. The van der Waals surface area contributed by atoms with E-state index in [1.807, 2.05) is 13.8 Å². The summed E-state index contributed by atoms with van der Waals surface area (Å²) in [5.74, 6) is -0.253. The second-order valence-corrected chi connectivity index (χ2v) is 4.15. The van der Waals surface area contributed by atoms with E-state index < -0.39 is 0 Å². The molecule has 0 heterocycles. The zero-order chi connectivity index (χ0) is 11.6. The summed E-state index contributed by atoms with van der Waals surface area (Å²) in [7, 11) is 0. The molecule has 4 heteroatoms. The summed E-state index contributed by atoms with van der Waals surface area (Å²) >= 11 is 5.98. The maximum Gasteiger partial charge on any atom is 0.176 e. The lowest BCUT2D eigenvalue weighted by molar-refractivity contribution is 0.402. The lowest BCUT2D eigenvalue weighted by Crippen LogP contribution is -2.06. The van der Waals surface area contributed by atoms with Crippen LogP contribution in [0.15, 0.2) is 6.07 Å². The lowest BCUT2D eigenvalue weighted by atomic mass is 9.93. The van der Waals surface area contributed by atoms with Crippen molar-refractivity contribution in [3.8, 4) is 11.5 Å². The maximum absolute atomic E-state index is 9.52. The lowest BCUT2D eigenvalue weighted by Gasteiger charge is -2.17. The first-order valence-electron chi connectivity index (χ1n) is 4.90. The number of phenols is 2. The van der Waals surface area contributed by atoms with E-state index in [9.17, 15) is 10.2 Å². The van der Waals surface area contributed by atoms with Crippen LogP contribution in [-0.4, -0.2) is 16.8 Å². The SMILES string of the molecule is Cc1cc(O)c(O)c(Cl)c1C(C)CCN. The highest BCUT2D eigenvalue weighted by atomic mass is 35.5. The van der Waals surface area contributed by atoms with Crippen LogP contribution in [0.2, 0.25) is 5.02 Å². The van der Waals surface area contributed by atoms with Crippen molar-refractivity contribution in [2.45, 2.75) is 26.2 Å². The van der Waals surface area contributed by atoms with Crippen molar-refractivity contribution in [1.29, 1.82) is 0 Å². The minimum Gasteiger partial charge on any atom is -0.504 e. The molecule has 1 rings (SSSR count). The molecular weight excluding hydrogens is 214 g/mol. The summed E-state index contributed by atoms with van der Waals surface area (Å²) in [4.78, 5) is 0. The molecule has 1 aromatic carbocycles. The standard InChI is InChI=1S/C11H16ClNO2/c1-6(3-4-13)9-7(2)5-8(14)11(15)10(9)12/h5-6,14-15H,3-4,13H2,1-2H3. The Bertz CT molecular complexity index is 366. The van der Waals surface area contributed by atoms with Gasteiger partial charge in [-0.2, -0.15) is 0 Å². The van der Waals surface area contributed by atoms with E-state index in [-0.39, 0.29) is 22.4 Å². The van der Waals surface area contributed by atoms with E-state index >= 15 is 0 Å². The summed E-state index contributed by atoms with van der Waals surface area (Å²) in [6.45, 7) is 4.42. The quantitative estimate of drug-likeness (QED) is 0.698. The molecule has 1 aromatic rings. The topological polar surface area (TPSA) is 66.5 Å². The molecule has 0 spiro atoms. The van der Waals surface area contributed by atoms with Gasteiger partial charge in [0, 0.05) is 0 Å². The van der Waals surface area contributed by atoms with Gasteiger partial charge in [-0.1, -0.05) is 18.5 Å². The van der Waals surface area contributed by atoms with Gasteiger partial charge < -0.3 is 15.9 Å². The van der Waals surface area contributed by atoms with E-state index in [0.29, 0.717) is 6.54 Å². The molecule has 0 amide bonds. The van der Waals surface area contributed by atoms with Crippen LogP contribution in [0.4, 0.5) is 0 Å². The number of rotatable bonds is 3. The molecule has 0 aliphatic rings. The summed E-state index contributed by atoms with van der Waals surface area (Å²) in [5, 5.41) is 19.1. The molecule has 1 unspecified atom stereocenters. The molecule has 84 valence electrons. The van der Waals surface area contributed by atoms with Gasteiger partial charge >= 0.3 is 0 Å². The van der Waals surface area contributed by atoms with Gasteiger partial charge in [-0.15, -0.1) is 0 Å². The highest BCUT2D eigenvalue weighted by Gasteiger charge is 2.17. The zero-order valence-corrected chi connectivity index (χ0v) is 9.67. The summed E-state index contributed by atoms with van der Waals surface area (Å²) < 4.78 is 0. The third-order valence-electron chi connectivity index (χ3n) is 2.56. The molecule has 0 bridgehead atoms. The molecule has 0 aromatic heterocycles. The third kappa shape index (κ3) is 2.36. The summed E-state index contributed by atoms with van der Waals surface area (Å²) in [5.41, 5.74) is 7.21. The van der Waals surface area contributed by atoms with E-state index in [1.165, 1.54) is 6.07 Å². The average molecular weight is 230 g/mol. The average Bonchev–Trinajstić information content (AvgIpc) is 2.15. The van der Waals surface area contributed by atoms with Crippen LogP contribution in [-0.2, 0) is 0 Å². The number of aryl methyl sites for hydroxylation is 1. The second kappa shape index (κ2) is 4.73. The predicted molar refractivity (Wildman–Crippen MR) is 61.6 cm³/mol. The fraction of sp³-hybridized carbons (Fsp3) is 0.455. The van der Waals surface area contributed by atoms with Gasteiger partial charge in [0.25, 0.3) is 0 Å². The van der Waals surface area contributed by atoms with Crippen molar-refractivity contribution >= 4 is 11.6 Å². The van der Waals surface area contributed by atoms with E-state index in [2.05, 4.69) is 0 Å². The van der Waals surface area contributed by atoms with Crippen LogP contribution in [0.5, 0.6) is 11.5 Å². The van der Waals surface area contributed by atoms with Crippen LogP contribution < -0.4 is 5.73 Å². The molecule has 3 nitrogen and oxygen atoms in total. The van der Waals surface area contributed by atoms with Crippen molar-refractivity contribution in [1.82, 2.24) is 0 Å². The maximum atomic E-state index is 9.52. The minimum atomic E-state index is -0.249. The first kappa shape index (κ1) is 12.1. The van der Waals surface area contributed by atoms with Crippen LogP contribution in [0, 0.1) is 6.92 Å². The van der Waals surface area contributed by atoms with Crippen molar-refractivity contribution in [3.63, 3.8) is 0 Å². The minimum absolute atomic E-state index is 0.175. The Balaban J connectivity index is 3.23. The van der Waals surface area contributed by atoms with E-state index in [1.54, 1.807) is 0 Å². The molecule has 0 saturated carbocycles. The third-order valence-corrected chi connectivity index (χ3v) is 2.94. The van der Waals surface area contributed by atoms with Crippen molar-refractivity contribution in [2.75, 3.05) is 6.54 Å². The molecule has 0 aliphatic heterocycles. The van der Waals surface area contributed by atoms with E-state index in [4.69, 9.17) is 17.3 Å². The first-order chi connectivity index (χ1) is 6.99. The normalized spacial score (nSPS) is 12.8. The van der Waals surface area contributed by atoms with Gasteiger partial charge in [-0.3, -0.25) is 0 Å². The largest absolute Gasteiger partial charge is 0.504 e. The van der Waals surface area contributed by atoms with Gasteiger partial charge in [0.1, 0.15) is 0 Å². The number of aromatic hydroxyl groups is 2. The van der Waals surface area contributed by atoms with Crippen molar-refractivity contribution in [3.05, 3.63) is 22.2 Å². The van der Waals surface area contributed by atoms with Gasteiger partial charge in [-0.05, 0) is 43.0 Å². The fourth-order valence-electron chi connectivity index (χ4n) is 1.76. The molecule has 4 N–H and O–H groups in total. The number of benzene rings is 1. The number of hydrogen-bond donors (Lipinski definition) is 3. The Morgan fingerprint density at radius 1 is 1.47 bits per heavy atom. The van der Waals surface area contributed by atoms with Crippen molar-refractivity contribution < 1.29 is 10.2 Å². The molecule has 1 atom stereocenters. The van der Waals surface area contributed by atoms with E-state index in [0.717, 1.165) is 17.5 Å². The Hall–Kier alpha value is -0.930. The molecule has 0 aliphatic carbocycles. The van der Waals surface area contributed by atoms with Gasteiger partial charge in [0.15, 0.2) is 11.5 Å². The molecule has 0 radical (unpaired) electrons. The Morgan fingerprint density at radius 3 is 2.60 bits per heavy atom. The van der Waals surface area contributed by atoms with Crippen LogP contribution in [0.25, 0.3) is 0 Å². The molecule has 15 heavy (non-hydrogen) atoms. The molecule has 0 fully saturated rings. The van der Waals surface area contributed by atoms with Crippen molar-refractivity contribution in [2.24, 2.45) is 5.73 Å². The number of nitrogens with two attached hydrogens (primary N) is 1. The van der Waals surface area contributed by atoms with Crippen LogP contribution in [0.1, 0.15) is 30.4 Å². The summed E-state index contributed by atoms with van der Waals surface area (Å²) in [6.07, 6.45) is 0.796. The van der Waals surface area contributed by atoms with Crippen LogP contribution in [0.3, 0.4) is 0 Å². The fourth-order valence-corrected chi connectivity index (χ4v) is 2.20. The van der Waals surface area contributed by atoms with Gasteiger partial charge in [-0.25, -0.2) is 0 Å². The highest BCUT2D eigenvalue weighted by molar-refractivity contribution is 6.33.